The first-order valence-electron chi connectivity index (χ1n) is 4.93. The molecule has 0 N–H and O–H groups in total. The van der Waals surface area contributed by atoms with Crippen LogP contribution in [0.3, 0.4) is 0 Å². The van der Waals surface area contributed by atoms with Gasteiger partial charge in [0.05, 0.1) is 17.9 Å². The fourth-order valence-electron chi connectivity index (χ4n) is 1.06. The Bertz CT molecular complexity index is 454. The van der Waals surface area contributed by atoms with Crippen molar-refractivity contribution in [1.82, 2.24) is 0 Å². The van der Waals surface area contributed by atoms with Crippen molar-refractivity contribution in [2.75, 3.05) is 6.61 Å². The molecule has 0 radical (unpaired) electrons. The molecule has 0 heterocycles. The molecule has 18 heavy (non-hydrogen) atoms. The number of ether oxygens (including phenoxy) is 1. The van der Waals surface area contributed by atoms with E-state index in [2.05, 4.69) is 4.99 Å². The first-order chi connectivity index (χ1) is 8.34. The second kappa shape index (κ2) is 5.86. The van der Waals surface area contributed by atoms with E-state index in [-0.39, 0.29) is 17.9 Å². The van der Waals surface area contributed by atoms with Crippen molar-refractivity contribution in [3.8, 4) is 0 Å². The summed E-state index contributed by atoms with van der Waals surface area (Å²) in [6.45, 7) is 1.87. The molecular weight excluding hydrogens is 271 g/mol. The molecule has 3 nitrogen and oxygen atoms in total. The van der Waals surface area contributed by atoms with E-state index < -0.39 is 17.3 Å². The Labute approximate surface area is 106 Å². The molecule has 0 amide bonds. The lowest BCUT2D eigenvalue weighted by Crippen LogP contribution is -2.16. The van der Waals surface area contributed by atoms with Gasteiger partial charge >= 0.3 is 12.1 Å². The maximum Gasteiger partial charge on any atom is 0.444 e. The summed E-state index contributed by atoms with van der Waals surface area (Å²) in [7, 11) is 0. The van der Waals surface area contributed by atoms with Gasteiger partial charge in [-0.05, 0) is 31.2 Å². The van der Waals surface area contributed by atoms with Gasteiger partial charge in [-0.15, -0.1) is 0 Å². The van der Waals surface area contributed by atoms with Gasteiger partial charge in [0.15, 0.2) is 0 Å². The normalized spacial score (nSPS) is 12.4. The van der Waals surface area contributed by atoms with Crippen LogP contribution in [0.2, 0.25) is 0 Å². The second-order valence-electron chi connectivity index (χ2n) is 3.17. The Kier molecular flexibility index (Phi) is 4.72. The highest BCUT2D eigenvalue weighted by Gasteiger charge is 2.34. The van der Waals surface area contributed by atoms with Gasteiger partial charge in [0, 0.05) is 0 Å². The predicted molar refractivity (Wildman–Crippen MR) is 61.4 cm³/mol. The topological polar surface area (TPSA) is 38.7 Å². The molecule has 1 aromatic carbocycles. The van der Waals surface area contributed by atoms with Crippen molar-refractivity contribution >= 4 is 28.4 Å². The van der Waals surface area contributed by atoms with Gasteiger partial charge in [0.1, 0.15) is 0 Å². The van der Waals surface area contributed by atoms with Crippen molar-refractivity contribution in [2.24, 2.45) is 4.99 Å². The van der Waals surface area contributed by atoms with Crippen LogP contribution in [0.5, 0.6) is 0 Å². The zero-order chi connectivity index (χ0) is 13.8. The molecule has 0 aromatic heterocycles. The maximum atomic E-state index is 12.1. The Morgan fingerprint density at radius 2 is 1.89 bits per heavy atom. The Hall–Kier alpha value is -1.56. The molecule has 0 atom stereocenters. The number of hydrogen-bond acceptors (Lipinski definition) is 3. The number of rotatable bonds is 3. The number of hydrogen-bond donors (Lipinski definition) is 0. The molecule has 1 aromatic rings. The van der Waals surface area contributed by atoms with Gasteiger partial charge < -0.3 is 4.74 Å². The average Bonchev–Trinajstić information content (AvgIpc) is 2.29. The monoisotopic (exact) mass is 279 g/mol. The van der Waals surface area contributed by atoms with Crippen LogP contribution in [0.1, 0.15) is 17.3 Å². The Balaban J connectivity index is 2.87. The van der Waals surface area contributed by atoms with Gasteiger partial charge in [-0.25, -0.2) is 9.79 Å². The molecule has 0 aliphatic heterocycles. The summed E-state index contributed by atoms with van der Waals surface area (Å²) >= 11 is 4.98. The van der Waals surface area contributed by atoms with E-state index in [4.69, 9.17) is 16.3 Å². The summed E-state index contributed by atoms with van der Waals surface area (Å²) in [6.07, 6.45) is -4.68. The zero-order valence-electron chi connectivity index (χ0n) is 9.29. The first-order valence-corrected chi connectivity index (χ1v) is 5.31. The maximum absolute atomic E-state index is 12.1. The van der Waals surface area contributed by atoms with Crippen LogP contribution >= 0.6 is 11.6 Å². The van der Waals surface area contributed by atoms with Gasteiger partial charge in [-0.3, -0.25) is 0 Å². The third-order valence-electron chi connectivity index (χ3n) is 1.84. The number of esters is 1. The third kappa shape index (κ3) is 4.03. The summed E-state index contributed by atoms with van der Waals surface area (Å²) in [5.41, 5.74) is 0.240. The van der Waals surface area contributed by atoms with E-state index in [9.17, 15) is 18.0 Å². The highest BCUT2D eigenvalue weighted by Crippen LogP contribution is 2.24. The number of carbonyl (C=O) groups is 1. The molecule has 0 bridgehead atoms. The Morgan fingerprint density at radius 1 is 1.33 bits per heavy atom. The number of halogens is 4. The number of alkyl halides is 3. The van der Waals surface area contributed by atoms with E-state index in [1.807, 2.05) is 0 Å². The minimum Gasteiger partial charge on any atom is -0.462 e. The van der Waals surface area contributed by atoms with Gasteiger partial charge in [0.25, 0.3) is 0 Å². The van der Waals surface area contributed by atoms with Gasteiger partial charge in [-0.2, -0.15) is 13.2 Å². The minimum atomic E-state index is -4.68. The number of aliphatic imine (C=N–C) groups is 1. The van der Waals surface area contributed by atoms with Crippen molar-refractivity contribution in [1.29, 1.82) is 0 Å². The SMILES string of the molecule is CCOC(=O)c1ccc(N=C(Cl)C(F)(F)F)cc1. The molecule has 98 valence electrons. The van der Waals surface area contributed by atoms with Crippen molar-refractivity contribution in [3.63, 3.8) is 0 Å². The fourth-order valence-corrected chi connectivity index (χ4v) is 1.16. The molecule has 0 unspecified atom stereocenters. The molecule has 0 spiro atoms. The van der Waals surface area contributed by atoms with E-state index >= 15 is 0 Å². The number of benzene rings is 1. The van der Waals surface area contributed by atoms with Crippen LogP contribution in [0.25, 0.3) is 0 Å². The molecule has 0 saturated carbocycles. The Morgan fingerprint density at radius 3 is 2.33 bits per heavy atom. The lowest BCUT2D eigenvalue weighted by molar-refractivity contribution is -0.0558. The average molecular weight is 280 g/mol. The lowest BCUT2D eigenvalue weighted by atomic mass is 10.2. The van der Waals surface area contributed by atoms with Gasteiger partial charge in [-0.1, -0.05) is 11.6 Å². The number of nitrogens with zero attached hydrogens (tertiary/aromatic N) is 1. The van der Waals surface area contributed by atoms with Crippen LogP contribution in [0.4, 0.5) is 18.9 Å². The quantitative estimate of drug-likeness (QED) is 0.625. The van der Waals surface area contributed by atoms with Crippen LogP contribution in [-0.2, 0) is 4.74 Å². The summed E-state index contributed by atoms with van der Waals surface area (Å²) in [4.78, 5) is 14.5. The lowest BCUT2D eigenvalue weighted by Gasteiger charge is -2.04. The first kappa shape index (κ1) is 14.5. The second-order valence-corrected chi connectivity index (χ2v) is 3.53. The summed E-state index contributed by atoms with van der Waals surface area (Å²) in [6, 6.07) is 5.13. The van der Waals surface area contributed by atoms with E-state index in [1.165, 1.54) is 24.3 Å². The molecule has 0 saturated heterocycles. The number of carbonyl (C=O) groups excluding carboxylic acids is 1. The molecular formula is C11H9ClF3NO2. The minimum absolute atomic E-state index is 0.00498. The predicted octanol–water partition coefficient (Wildman–Crippen LogP) is 3.69. The van der Waals surface area contributed by atoms with Crippen LogP contribution in [-0.4, -0.2) is 23.9 Å². The van der Waals surface area contributed by atoms with Crippen molar-refractivity contribution < 1.29 is 22.7 Å². The summed E-state index contributed by atoms with van der Waals surface area (Å²) in [5.74, 6) is -0.546. The smallest absolute Gasteiger partial charge is 0.444 e. The van der Waals surface area contributed by atoms with Crippen LogP contribution in [0.15, 0.2) is 29.3 Å². The van der Waals surface area contributed by atoms with E-state index in [0.29, 0.717) is 0 Å². The summed E-state index contributed by atoms with van der Waals surface area (Å²) in [5, 5.41) is -1.47. The molecule has 0 aliphatic rings. The van der Waals surface area contributed by atoms with Crippen LogP contribution < -0.4 is 0 Å². The molecule has 1 rings (SSSR count). The molecule has 0 fully saturated rings. The highest BCUT2D eigenvalue weighted by molar-refractivity contribution is 6.67. The van der Waals surface area contributed by atoms with Crippen molar-refractivity contribution in [2.45, 2.75) is 13.1 Å². The zero-order valence-corrected chi connectivity index (χ0v) is 10.0. The molecule has 0 aliphatic carbocycles. The summed E-state index contributed by atoms with van der Waals surface area (Å²) < 4.78 is 41.0. The van der Waals surface area contributed by atoms with E-state index in [0.717, 1.165) is 0 Å². The van der Waals surface area contributed by atoms with Gasteiger partial charge in [0.2, 0.25) is 5.17 Å². The highest BCUT2D eigenvalue weighted by atomic mass is 35.5. The van der Waals surface area contributed by atoms with Crippen LogP contribution in [0, 0.1) is 0 Å². The standard InChI is InChI=1S/C11H9ClF3NO2/c1-2-18-9(17)7-3-5-8(6-4-7)16-10(12)11(13,14)15/h3-6H,2H2,1H3. The van der Waals surface area contributed by atoms with E-state index in [1.54, 1.807) is 6.92 Å². The fraction of sp³-hybridized carbons (Fsp3) is 0.273. The third-order valence-corrected chi connectivity index (χ3v) is 2.14. The van der Waals surface area contributed by atoms with Crippen molar-refractivity contribution in [3.05, 3.63) is 29.8 Å². The molecule has 7 heteroatoms. The largest absolute Gasteiger partial charge is 0.462 e.